The van der Waals surface area contributed by atoms with Gasteiger partial charge in [-0.3, -0.25) is 14.5 Å². The molecule has 1 amide bonds. The first-order valence-corrected chi connectivity index (χ1v) is 15.2. The minimum absolute atomic E-state index is 0.0804. The smallest absolute Gasteiger partial charge is 0.410 e. The number of hydrogen-bond donors (Lipinski definition) is 0. The fourth-order valence-electron chi connectivity index (χ4n) is 8.12. The molecule has 4 aliphatic heterocycles. The number of likely N-dealkylation sites (N-methyl/N-ethyl adjacent to an activating group) is 1. The van der Waals surface area contributed by atoms with E-state index in [1.54, 1.807) is 0 Å². The molecule has 2 unspecified atom stereocenters. The molecule has 1 spiro atoms. The second kappa shape index (κ2) is 9.62. The SMILES string of the molecule is Cc1cc(N2CC[C@@H](CN3CC4OCCN(C)C4C3)CC2(C)C)nn1C1CC2(C1)CN(C(=O)OC(C)(C)C)C2. The molecule has 1 aromatic rings. The molecule has 9 nitrogen and oxygen atoms in total. The van der Waals surface area contributed by atoms with Crippen LogP contribution < -0.4 is 4.90 Å². The molecule has 5 fully saturated rings. The molecule has 0 bridgehead atoms. The van der Waals surface area contributed by atoms with Crippen molar-refractivity contribution < 1.29 is 14.3 Å². The second-order valence-corrected chi connectivity index (χ2v) is 15.0. The minimum Gasteiger partial charge on any atom is -0.444 e. The van der Waals surface area contributed by atoms with Gasteiger partial charge in [0.05, 0.1) is 18.8 Å². The van der Waals surface area contributed by atoms with Gasteiger partial charge in [0.2, 0.25) is 0 Å². The van der Waals surface area contributed by atoms with Crippen LogP contribution >= 0.6 is 0 Å². The first-order chi connectivity index (χ1) is 18.3. The van der Waals surface area contributed by atoms with Crippen molar-refractivity contribution in [2.45, 2.75) is 96.6 Å². The van der Waals surface area contributed by atoms with Crippen LogP contribution in [0.1, 0.15) is 72.0 Å². The lowest BCUT2D eigenvalue weighted by atomic mass is 9.61. The lowest BCUT2D eigenvalue weighted by Gasteiger charge is -2.58. The molecule has 5 aliphatic rings. The van der Waals surface area contributed by atoms with Gasteiger partial charge in [-0.2, -0.15) is 5.10 Å². The number of nitrogens with zero attached hydrogens (tertiary/aromatic N) is 6. The average molecular weight is 543 g/mol. The number of carbonyl (C=O) groups excluding carboxylic acids is 1. The zero-order chi connectivity index (χ0) is 27.7. The fraction of sp³-hybridized carbons (Fsp3) is 0.867. The Balaban J connectivity index is 1.02. The average Bonchev–Trinajstić information content (AvgIpc) is 3.34. The van der Waals surface area contributed by atoms with Crippen molar-refractivity contribution in [3.05, 3.63) is 11.8 Å². The van der Waals surface area contributed by atoms with Gasteiger partial charge in [0.1, 0.15) is 5.60 Å². The van der Waals surface area contributed by atoms with Crippen LogP contribution in [0.15, 0.2) is 6.07 Å². The third-order valence-electron chi connectivity index (χ3n) is 10.0. The van der Waals surface area contributed by atoms with Gasteiger partial charge in [0.15, 0.2) is 5.82 Å². The molecular formula is C30H50N6O3. The van der Waals surface area contributed by atoms with Gasteiger partial charge < -0.3 is 19.3 Å². The predicted octanol–water partition coefficient (Wildman–Crippen LogP) is 3.77. The van der Waals surface area contributed by atoms with E-state index in [2.05, 4.69) is 53.3 Å². The molecule has 5 heterocycles. The summed E-state index contributed by atoms with van der Waals surface area (Å²) >= 11 is 0. The Labute approximate surface area is 234 Å². The summed E-state index contributed by atoms with van der Waals surface area (Å²) in [5.74, 6) is 1.84. The summed E-state index contributed by atoms with van der Waals surface area (Å²) in [4.78, 5) is 21.9. The number of ether oxygens (including phenoxy) is 2. The van der Waals surface area contributed by atoms with E-state index in [9.17, 15) is 4.79 Å². The molecule has 9 heteroatoms. The van der Waals surface area contributed by atoms with Gasteiger partial charge in [-0.15, -0.1) is 0 Å². The molecule has 6 rings (SSSR count). The van der Waals surface area contributed by atoms with Crippen molar-refractivity contribution in [2.75, 3.05) is 64.4 Å². The summed E-state index contributed by atoms with van der Waals surface area (Å²) < 4.78 is 13.9. The summed E-state index contributed by atoms with van der Waals surface area (Å²) in [6.45, 7) is 20.8. The van der Waals surface area contributed by atoms with Crippen molar-refractivity contribution in [1.82, 2.24) is 24.5 Å². The molecule has 1 aromatic heterocycles. The zero-order valence-corrected chi connectivity index (χ0v) is 25.3. The van der Waals surface area contributed by atoms with Crippen molar-refractivity contribution in [1.29, 1.82) is 0 Å². The normalized spacial score (nSPS) is 31.2. The van der Waals surface area contributed by atoms with Crippen LogP contribution in [0.2, 0.25) is 0 Å². The number of carbonyl (C=O) groups is 1. The third-order valence-corrected chi connectivity index (χ3v) is 10.0. The molecule has 0 N–H and O–H groups in total. The Hall–Kier alpha value is -1.84. The summed E-state index contributed by atoms with van der Waals surface area (Å²) in [5.41, 5.74) is 1.14. The van der Waals surface area contributed by atoms with Crippen molar-refractivity contribution in [2.24, 2.45) is 11.3 Å². The van der Waals surface area contributed by atoms with Gasteiger partial charge >= 0.3 is 6.09 Å². The molecule has 1 aliphatic carbocycles. The summed E-state index contributed by atoms with van der Waals surface area (Å²) in [5, 5.41) is 5.17. The number of piperidine rings is 1. The van der Waals surface area contributed by atoms with E-state index in [-0.39, 0.29) is 17.0 Å². The molecule has 0 aromatic carbocycles. The quantitative estimate of drug-likeness (QED) is 0.574. The van der Waals surface area contributed by atoms with Crippen molar-refractivity contribution in [3.8, 4) is 0 Å². The Kier molecular flexibility index (Phi) is 6.74. The number of rotatable bonds is 4. The van der Waals surface area contributed by atoms with Gasteiger partial charge in [-0.1, -0.05) is 0 Å². The minimum atomic E-state index is -0.439. The first kappa shape index (κ1) is 27.3. The van der Waals surface area contributed by atoms with E-state index < -0.39 is 5.60 Å². The van der Waals surface area contributed by atoms with Crippen LogP contribution in [0.3, 0.4) is 0 Å². The van der Waals surface area contributed by atoms with Crippen LogP contribution in [0, 0.1) is 18.3 Å². The largest absolute Gasteiger partial charge is 0.444 e. The highest BCUT2D eigenvalue weighted by Gasteiger charge is 2.55. The van der Waals surface area contributed by atoms with Gasteiger partial charge in [0.25, 0.3) is 0 Å². The highest BCUT2D eigenvalue weighted by molar-refractivity contribution is 5.69. The topological polar surface area (TPSA) is 66.3 Å². The Morgan fingerprint density at radius 3 is 2.56 bits per heavy atom. The summed E-state index contributed by atoms with van der Waals surface area (Å²) in [6.07, 6.45) is 4.80. The molecule has 218 valence electrons. The van der Waals surface area contributed by atoms with Crippen LogP contribution in [-0.2, 0) is 9.47 Å². The number of morpholine rings is 1. The zero-order valence-electron chi connectivity index (χ0n) is 25.3. The molecule has 0 radical (unpaired) electrons. The van der Waals surface area contributed by atoms with Gasteiger partial charge in [0, 0.05) is 74.6 Å². The number of fused-ring (bicyclic) bond motifs is 1. The number of aromatic nitrogens is 2. The molecule has 4 saturated heterocycles. The third kappa shape index (κ3) is 5.31. The molecule has 39 heavy (non-hydrogen) atoms. The van der Waals surface area contributed by atoms with E-state index in [0.717, 1.165) is 64.5 Å². The maximum Gasteiger partial charge on any atom is 0.410 e. The van der Waals surface area contributed by atoms with E-state index in [1.165, 1.54) is 25.1 Å². The van der Waals surface area contributed by atoms with E-state index in [1.807, 2.05) is 25.7 Å². The number of hydrogen-bond acceptors (Lipinski definition) is 7. The van der Waals surface area contributed by atoms with Crippen LogP contribution in [0.25, 0.3) is 0 Å². The van der Waals surface area contributed by atoms with Crippen molar-refractivity contribution >= 4 is 11.9 Å². The maximum absolute atomic E-state index is 12.4. The Morgan fingerprint density at radius 2 is 1.90 bits per heavy atom. The highest BCUT2D eigenvalue weighted by Crippen LogP contribution is 2.54. The molecule has 1 saturated carbocycles. The first-order valence-electron chi connectivity index (χ1n) is 15.2. The summed E-state index contributed by atoms with van der Waals surface area (Å²) in [6, 6.07) is 3.28. The van der Waals surface area contributed by atoms with E-state index >= 15 is 0 Å². The molecular weight excluding hydrogens is 492 g/mol. The summed E-state index contributed by atoms with van der Waals surface area (Å²) in [7, 11) is 2.25. The van der Waals surface area contributed by atoms with E-state index in [4.69, 9.17) is 14.6 Å². The number of amides is 1. The second-order valence-electron chi connectivity index (χ2n) is 15.0. The standard InChI is InChI=1S/C30H50N6O3/c1-21-12-26(31-36(21)23-14-30(15-23)19-34(20-30)27(37)39-28(2,3)4)35-9-8-22(13-29(35,5)6)16-33-17-24-25(18-33)38-11-10-32(24)7/h12,22-25H,8-11,13-20H2,1-7H3/t22-,24?,25?/m1/s1. The van der Waals surface area contributed by atoms with Gasteiger partial charge in [-0.25, -0.2) is 4.79 Å². The number of likely N-dealkylation sites (tertiary alicyclic amines) is 2. The monoisotopic (exact) mass is 542 g/mol. The number of anilines is 1. The van der Waals surface area contributed by atoms with Crippen LogP contribution in [-0.4, -0.2) is 113 Å². The van der Waals surface area contributed by atoms with Crippen molar-refractivity contribution in [3.63, 3.8) is 0 Å². The highest BCUT2D eigenvalue weighted by atomic mass is 16.6. The lowest BCUT2D eigenvalue weighted by Crippen LogP contribution is -2.64. The number of aryl methyl sites for hydroxylation is 1. The van der Waals surface area contributed by atoms with Crippen LogP contribution in [0.4, 0.5) is 10.6 Å². The molecule has 3 atom stereocenters. The maximum atomic E-state index is 12.4. The van der Waals surface area contributed by atoms with Gasteiger partial charge in [-0.05, 0) is 80.2 Å². The Morgan fingerprint density at radius 1 is 1.15 bits per heavy atom. The predicted molar refractivity (Wildman–Crippen MR) is 152 cm³/mol. The Bertz CT molecular complexity index is 1070. The van der Waals surface area contributed by atoms with E-state index in [0.29, 0.717) is 24.1 Å². The fourth-order valence-corrected chi connectivity index (χ4v) is 8.12. The van der Waals surface area contributed by atoms with Crippen LogP contribution in [0.5, 0.6) is 0 Å². The lowest BCUT2D eigenvalue weighted by molar-refractivity contribution is -0.0930.